The van der Waals surface area contributed by atoms with Gasteiger partial charge in [0.2, 0.25) is 0 Å². The maximum Gasteiger partial charge on any atom is 0.146 e. The van der Waals surface area contributed by atoms with Crippen LogP contribution in [0.25, 0.3) is 0 Å². The lowest BCUT2D eigenvalue weighted by molar-refractivity contribution is -0.107. The molecule has 0 saturated carbocycles. The minimum atomic E-state index is -0.640. The molecule has 0 aromatic rings. The summed E-state index contributed by atoms with van der Waals surface area (Å²) < 4.78 is 0. The Morgan fingerprint density at radius 1 is 1.31 bits per heavy atom. The SMILES string of the molecule is C/C(C=O)=C(/C=O)CC/[PH](C)=C\C=C/CO. The van der Waals surface area contributed by atoms with Gasteiger partial charge in [0.05, 0.1) is 6.61 Å². The zero-order chi connectivity index (χ0) is 12.4. The topological polar surface area (TPSA) is 54.4 Å². The molecule has 1 unspecified atom stereocenters. The molecule has 4 heteroatoms. The first-order valence-electron chi connectivity index (χ1n) is 5.19. The lowest BCUT2D eigenvalue weighted by Gasteiger charge is -2.02. The van der Waals surface area contributed by atoms with Gasteiger partial charge in [-0.2, -0.15) is 0 Å². The molecule has 0 aliphatic heterocycles. The molecular formula is C12H19O3P. The Hall–Kier alpha value is -0.920. The van der Waals surface area contributed by atoms with Crippen molar-refractivity contribution < 1.29 is 14.7 Å². The van der Waals surface area contributed by atoms with Crippen molar-refractivity contribution >= 4 is 25.9 Å². The van der Waals surface area contributed by atoms with Gasteiger partial charge in [-0.3, -0.25) is 9.59 Å². The van der Waals surface area contributed by atoms with Gasteiger partial charge in [-0.05, 0) is 37.3 Å². The van der Waals surface area contributed by atoms with E-state index in [1.807, 2.05) is 6.08 Å². The summed E-state index contributed by atoms with van der Waals surface area (Å²) in [5, 5.41) is 8.55. The van der Waals surface area contributed by atoms with Gasteiger partial charge in [0.25, 0.3) is 0 Å². The van der Waals surface area contributed by atoms with Crippen molar-refractivity contribution in [1.29, 1.82) is 0 Å². The summed E-state index contributed by atoms with van der Waals surface area (Å²) in [4.78, 5) is 21.2. The number of carbonyl (C=O) groups is 2. The average Bonchev–Trinajstić information content (AvgIpc) is 2.29. The van der Waals surface area contributed by atoms with Crippen molar-refractivity contribution in [2.45, 2.75) is 13.3 Å². The first kappa shape index (κ1) is 15.1. The third-order valence-corrected chi connectivity index (χ3v) is 4.04. The van der Waals surface area contributed by atoms with Crippen LogP contribution in [0.4, 0.5) is 0 Å². The number of rotatable bonds is 7. The Kier molecular flexibility index (Phi) is 8.78. The third kappa shape index (κ3) is 6.54. The quantitative estimate of drug-likeness (QED) is 0.416. The zero-order valence-electron chi connectivity index (χ0n) is 9.77. The van der Waals surface area contributed by atoms with E-state index in [4.69, 9.17) is 5.11 Å². The van der Waals surface area contributed by atoms with Crippen LogP contribution in [-0.2, 0) is 9.59 Å². The molecule has 0 saturated heterocycles. The van der Waals surface area contributed by atoms with E-state index in [0.29, 0.717) is 17.6 Å². The summed E-state index contributed by atoms with van der Waals surface area (Å²) in [5.41, 5.74) is 1.12. The van der Waals surface area contributed by atoms with E-state index in [1.54, 1.807) is 13.0 Å². The van der Waals surface area contributed by atoms with E-state index in [2.05, 4.69) is 12.5 Å². The number of allylic oxidation sites excluding steroid dienone is 3. The molecule has 0 amide bonds. The van der Waals surface area contributed by atoms with Crippen molar-refractivity contribution in [1.82, 2.24) is 0 Å². The second-order valence-corrected chi connectivity index (χ2v) is 6.09. The first-order chi connectivity index (χ1) is 7.65. The largest absolute Gasteiger partial charge is 0.392 e. The van der Waals surface area contributed by atoms with Crippen LogP contribution < -0.4 is 0 Å². The predicted octanol–water partition coefficient (Wildman–Crippen LogP) is 1.29. The highest BCUT2D eigenvalue weighted by Crippen LogP contribution is 2.20. The number of carbonyl (C=O) groups excluding carboxylic acids is 2. The van der Waals surface area contributed by atoms with E-state index in [1.165, 1.54) is 0 Å². The van der Waals surface area contributed by atoms with Crippen LogP contribution in [0.2, 0.25) is 0 Å². The fourth-order valence-electron chi connectivity index (χ4n) is 1.13. The lowest BCUT2D eigenvalue weighted by Crippen LogP contribution is -1.94. The van der Waals surface area contributed by atoms with Crippen LogP contribution in [0.5, 0.6) is 0 Å². The molecule has 0 fully saturated rings. The molecule has 3 nitrogen and oxygen atoms in total. The molecule has 0 radical (unpaired) electrons. The molecule has 1 atom stereocenters. The van der Waals surface area contributed by atoms with Crippen LogP contribution in [0.1, 0.15) is 13.3 Å². The highest BCUT2D eigenvalue weighted by atomic mass is 31.1. The van der Waals surface area contributed by atoms with Crippen molar-refractivity contribution in [3.63, 3.8) is 0 Å². The van der Waals surface area contributed by atoms with E-state index < -0.39 is 7.55 Å². The highest BCUT2D eigenvalue weighted by molar-refractivity contribution is 7.56. The summed E-state index contributed by atoms with van der Waals surface area (Å²) in [6, 6.07) is 0. The molecule has 0 heterocycles. The molecule has 0 aliphatic rings. The summed E-state index contributed by atoms with van der Waals surface area (Å²) in [5.74, 6) is 2.07. The monoisotopic (exact) mass is 242 g/mol. The van der Waals surface area contributed by atoms with Crippen molar-refractivity contribution in [2.24, 2.45) is 0 Å². The summed E-state index contributed by atoms with van der Waals surface area (Å²) >= 11 is 0. The van der Waals surface area contributed by atoms with E-state index in [0.717, 1.165) is 18.7 Å². The molecule has 0 spiro atoms. The molecule has 0 bridgehead atoms. The van der Waals surface area contributed by atoms with Crippen LogP contribution in [-0.4, -0.2) is 42.9 Å². The summed E-state index contributed by atoms with van der Waals surface area (Å²) in [6.07, 6.45) is 6.60. The Labute approximate surface area is 97.2 Å². The number of aliphatic hydroxyl groups excluding tert-OH is 1. The number of aldehydes is 2. The first-order valence-corrected chi connectivity index (χ1v) is 7.47. The van der Waals surface area contributed by atoms with Gasteiger partial charge < -0.3 is 5.11 Å². The predicted molar refractivity (Wildman–Crippen MR) is 70.8 cm³/mol. The third-order valence-electron chi connectivity index (χ3n) is 2.24. The van der Waals surface area contributed by atoms with Crippen LogP contribution in [0, 0.1) is 0 Å². The minimum Gasteiger partial charge on any atom is -0.392 e. The molecule has 0 aromatic heterocycles. The zero-order valence-corrected chi connectivity index (χ0v) is 10.8. The standard InChI is InChI=1S/C12H19O3P/c1-11(9-14)12(10-15)5-8-16(2)7-4-3-6-13/h3-4,7,9-10,13,16H,5-6,8H2,1-2H3/b4-3-,12-11-. The molecule has 0 aliphatic carbocycles. The van der Waals surface area contributed by atoms with Gasteiger partial charge in [0, 0.05) is 0 Å². The van der Waals surface area contributed by atoms with Crippen molar-refractivity contribution in [2.75, 3.05) is 19.4 Å². The van der Waals surface area contributed by atoms with Gasteiger partial charge in [0.1, 0.15) is 12.6 Å². The Morgan fingerprint density at radius 2 is 2.00 bits per heavy atom. The minimum absolute atomic E-state index is 0.0510. The molecule has 1 N–H and O–H groups in total. The number of aliphatic hydroxyl groups is 1. The maximum absolute atomic E-state index is 10.7. The van der Waals surface area contributed by atoms with E-state index >= 15 is 0 Å². The fourth-order valence-corrected chi connectivity index (χ4v) is 2.43. The fraction of sp³-hybridized carbons (Fsp3) is 0.417. The summed E-state index contributed by atoms with van der Waals surface area (Å²) in [6.45, 7) is 3.84. The van der Waals surface area contributed by atoms with Gasteiger partial charge in [-0.15, -0.1) is 7.55 Å². The summed E-state index contributed by atoms with van der Waals surface area (Å²) in [7, 11) is -0.640. The van der Waals surface area contributed by atoms with Crippen LogP contribution >= 0.6 is 7.55 Å². The Bertz CT molecular complexity index is 327. The van der Waals surface area contributed by atoms with Crippen LogP contribution in [0.15, 0.2) is 23.3 Å². The average molecular weight is 242 g/mol. The normalized spacial score (nSPS) is 14.9. The highest BCUT2D eigenvalue weighted by Gasteiger charge is 2.00. The lowest BCUT2D eigenvalue weighted by atomic mass is 10.1. The van der Waals surface area contributed by atoms with Crippen molar-refractivity contribution in [3.8, 4) is 0 Å². The number of hydrogen-bond acceptors (Lipinski definition) is 3. The molecule has 0 rings (SSSR count). The van der Waals surface area contributed by atoms with E-state index in [9.17, 15) is 9.59 Å². The van der Waals surface area contributed by atoms with Crippen LogP contribution in [0.3, 0.4) is 0 Å². The smallest absolute Gasteiger partial charge is 0.146 e. The van der Waals surface area contributed by atoms with Gasteiger partial charge >= 0.3 is 0 Å². The van der Waals surface area contributed by atoms with E-state index in [-0.39, 0.29) is 6.61 Å². The molecule has 16 heavy (non-hydrogen) atoms. The number of hydrogen-bond donors (Lipinski definition) is 1. The van der Waals surface area contributed by atoms with Gasteiger partial charge in [0.15, 0.2) is 0 Å². The Balaban J connectivity index is 4.33. The van der Waals surface area contributed by atoms with Crippen molar-refractivity contribution in [3.05, 3.63) is 23.3 Å². The molecule has 0 aromatic carbocycles. The van der Waals surface area contributed by atoms with Gasteiger partial charge in [-0.25, -0.2) is 0 Å². The molecule has 90 valence electrons. The Morgan fingerprint density at radius 3 is 2.50 bits per heavy atom. The second kappa shape index (κ2) is 9.32. The van der Waals surface area contributed by atoms with Gasteiger partial charge in [-0.1, -0.05) is 17.9 Å². The maximum atomic E-state index is 10.7. The molecular weight excluding hydrogens is 223 g/mol. The second-order valence-electron chi connectivity index (χ2n) is 3.57.